The zero-order valence-electron chi connectivity index (χ0n) is 23.7. The maximum atomic E-state index is 2.50. The minimum absolute atomic E-state index is 0.0328. The van der Waals surface area contributed by atoms with Crippen LogP contribution in [-0.4, -0.2) is 0 Å². The molecule has 0 fully saturated rings. The fraction of sp³-hybridized carbons (Fsp3) is 0.333. The molecule has 0 amide bonds. The molecule has 0 bridgehead atoms. The third-order valence-electron chi connectivity index (χ3n) is 9.72. The van der Waals surface area contributed by atoms with Crippen molar-refractivity contribution in [2.24, 2.45) is 11.8 Å². The number of thiophene rings is 2. The van der Waals surface area contributed by atoms with Gasteiger partial charge in [-0.2, -0.15) is 0 Å². The van der Waals surface area contributed by atoms with E-state index in [1.807, 2.05) is 22.7 Å². The Morgan fingerprint density at radius 2 is 0.947 bits per heavy atom. The van der Waals surface area contributed by atoms with Crippen LogP contribution in [0.25, 0.3) is 32.0 Å². The molecule has 0 saturated heterocycles. The smallest absolute Gasteiger partial charge is 0.0345 e. The van der Waals surface area contributed by atoms with Gasteiger partial charge >= 0.3 is 0 Å². The van der Waals surface area contributed by atoms with Gasteiger partial charge in [0, 0.05) is 30.3 Å². The molecule has 2 atom stereocenters. The van der Waals surface area contributed by atoms with Crippen molar-refractivity contribution in [1.82, 2.24) is 0 Å². The SMILES string of the molecule is Cc1ccc(-c2ccc3c(c2)C(C)(C)C2=C3C(C)C(C)C3=C2C(C)(C)c2cc(-c4ccc(C)s4)ccc23)s1. The Kier molecular flexibility index (Phi) is 5.08. The quantitative estimate of drug-likeness (QED) is 0.241. The van der Waals surface area contributed by atoms with E-state index in [0.29, 0.717) is 11.8 Å². The molecule has 0 saturated carbocycles. The van der Waals surface area contributed by atoms with Gasteiger partial charge < -0.3 is 0 Å². The Bertz CT molecular complexity index is 1580. The van der Waals surface area contributed by atoms with E-state index in [1.165, 1.54) is 52.9 Å². The van der Waals surface area contributed by atoms with E-state index in [0.717, 1.165) is 0 Å². The van der Waals surface area contributed by atoms with Gasteiger partial charge in [0.25, 0.3) is 0 Å². The van der Waals surface area contributed by atoms with E-state index in [2.05, 4.69) is 116 Å². The highest BCUT2D eigenvalue weighted by Crippen LogP contribution is 2.65. The van der Waals surface area contributed by atoms with Crippen LogP contribution in [0, 0.1) is 25.7 Å². The van der Waals surface area contributed by atoms with E-state index >= 15 is 0 Å². The zero-order chi connectivity index (χ0) is 26.7. The number of hydrogen-bond donors (Lipinski definition) is 0. The first-order chi connectivity index (χ1) is 18.0. The first kappa shape index (κ1) is 24.4. The van der Waals surface area contributed by atoms with Crippen molar-refractivity contribution in [2.45, 2.75) is 66.2 Å². The molecule has 3 aliphatic rings. The highest BCUT2D eigenvalue weighted by molar-refractivity contribution is 7.15. The van der Waals surface area contributed by atoms with Crippen LogP contribution in [0.3, 0.4) is 0 Å². The van der Waals surface area contributed by atoms with Gasteiger partial charge in [0.15, 0.2) is 0 Å². The molecule has 2 unspecified atom stereocenters. The summed E-state index contributed by atoms with van der Waals surface area (Å²) < 4.78 is 0. The van der Waals surface area contributed by atoms with Crippen LogP contribution in [0.4, 0.5) is 0 Å². The molecule has 2 aromatic carbocycles. The largest absolute Gasteiger partial charge is 0.141 e. The van der Waals surface area contributed by atoms with Crippen molar-refractivity contribution >= 4 is 33.8 Å². The summed E-state index contributed by atoms with van der Waals surface area (Å²) >= 11 is 3.80. The molecule has 2 heteroatoms. The monoisotopic (exact) mass is 532 g/mol. The Labute approximate surface area is 235 Å². The molecule has 0 spiro atoms. The zero-order valence-corrected chi connectivity index (χ0v) is 25.4. The fourth-order valence-electron chi connectivity index (χ4n) is 7.63. The van der Waals surface area contributed by atoms with Crippen molar-refractivity contribution in [2.75, 3.05) is 0 Å². The third kappa shape index (κ3) is 3.14. The van der Waals surface area contributed by atoms with Crippen LogP contribution in [0.15, 0.2) is 71.8 Å². The second-order valence-electron chi connectivity index (χ2n) is 12.7. The van der Waals surface area contributed by atoms with E-state index < -0.39 is 0 Å². The summed E-state index contributed by atoms with van der Waals surface area (Å²) in [6, 6.07) is 23.7. The summed E-state index contributed by atoms with van der Waals surface area (Å²) in [5.74, 6) is 0.973. The third-order valence-corrected chi connectivity index (χ3v) is 11.8. The number of rotatable bonds is 2. The van der Waals surface area contributed by atoms with E-state index in [-0.39, 0.29) is 10.8 Å². The van der Waals surface area contributed by atoms with Crippen molar-refractivity contribution in [3.8, 4) is 20.9 Å². The van der Waals surface area contributed by atoms with E-state index in [4.69, 9.17) is 0 Å². The van der Waals surface area contributed by atoms with Crippen LogP contribution >= 0.6 is 22.7 Å². The number of allylic oxidation sites excluding steroid dienone is 4. The molecule has 3 aliphatic carbocycles. The lowest BCUT2D eigenvalue weighted by Gasteiger charge is -2.39. The molecule has 7 rings (SSSR count). The maximum absolute atomic E-state index is 2.50. The van der Waals surface area contributed by atoms with Crippen molar-refractivity contribution in [3.63, 3.8) is 0 Å². The number of benzene rings is 2. The van der Waals surface area contributed by atoms with Crippen molar-refractivity contribution in [1.29, 1.82) is 0 Å². The molecule has 0 N–H and O–H groups in total. The summed E-state index contributed by atoms with van der Waals surface area (Å²) in [5, 5.41) is 0. The standard InChI is InChI=1S/C36H36S2/c1-19-9-15-29(37-19)23-11-13-25-27(17-23)35(5,6)33-31(25)21(3)22(4)32-26-14-12-24(30-16-10-20(2)38-30)18-28(26)36(7,8)34(32)33/h9-18,21-22H,1-8H3. The lowest BCUT2D eigenvalue weighted by atomic mass is 9.64. The van der Waals surface area contributed by atoms with E-state index in [1.54, 1.807) is 22.3 Å². The Hall–Kier alpha value is -2.68. The van der Waals surface area contributed by atoms with E-state index in [9.17, 15) is 0 Å². The molecule has 192 valence electrons. The Morgan fingerprint density at radius 3 is 1.29 bits per heavy atom. The van der Waals surface area contributed by atoms with Gasteiger partial charge in [0.05, 0.1) is 0 Å². The van der Waals surface area contributed by atoms with Crippen LogP contribution < -0.4 is 0 Å². The Balaban J connectivity index is 1.42. The minimum Gasteiger partial charge on any atom is -0.141 e. The summed E-state index contributed by atoms with van der Waals surface area (Å²) in [5.41, 5.74) is 15.0. The van der Waals surface area contributed by atoms with Gasteiger partial charge in [0.2, 0.25) is 0 Å². The van der Waals surface area contributed by atoms with Gasteiger partial charge in [-0.05, 0) is 118 Å². The highest BCUT2D eigenvalue weighted by Gasteiger charge is 2.52. The predicted molar refractivity (Wildman–Crippen MR) is 167 cm³/mol. The minimum atomic E-state index is -0.0328. The summed E-state index contributed by atoms with van der Waals surface area (Å²) in [4.78, 5) is 5.49. The van der Waals surface area contributed by atoms with Crippen LogP contribution in [-0.2, 0) is 10.8 Å². The molecular weight excluding hydrogens is 497 g/mol. The second-order valence-corrected chi connectivity index (χ2v) is 15.3. The molecule has 2 aromatic heterocycles. The van der Waals surface area contributed by atoms with Gasteiger partial charge in [-0.3, -0.25) is 0 Å². The maximum Gasteiger partial charge on any atom is 0.0345 e. The summed E-state index contributed by atoms with van der Waals surface area (Å²) in [6.45, 7) is 19.3. The average Bonchev–Trinajstić information content (AvgIpc) is 3.61. The number of aryl methyl sites for hydroxylation is 2. The lowest BCUT2D eigenvalue weighted by Crippen LogP contribution is -2.30. The van der Waals surface area contributed by atoms with Crippen molar-refractivity contribution in [3.05, 3.63) is 104 Å². The normalized spacial score (nSPS) is 22.4. The molecular formula is C36H36S2. The van der Waals surface area contributed by atoms with Crippen LogP contribution in [0.2, 0.25) is 0 Å². The highest BCUT2D eigenvalue weighted by atomic mass is 32.1. The van der Waals surface area contributed by atoms with Gasteiger partial charge in [-0.15, -0.1) is 22.7 Å². The molecule has 38 heavy (non-hydrogen) atoms. The average molecular weight is 533 g/mol. The molecule has 4 aromatic rings. The number of fused-ring (bicyclic) bond motifs is 5. The van der Waals surface area contributed by atoms with Gasteiger partial charge in [0.1, 0.15) is 0 Å². The molecule has 2 heterocycles. The summed E-state index contributed by atoms with van der Waals surface area (Å²) in [6.07, 6.45) is 0. The Morgan fingerprint density at radius 1 is 0.553 bits per heavy atom. The second kappa shape index (κ2) is 7.93. The summed E-state index contributed by atoms with van der Waals surface area (Å²) in [7, 11) is 0. The molecule has 0 nitrogen and oxygen atoms in total. The van der Waals surface area contributed by atoms with Crippen LogP contribution in [0.5, 0.6) is 0 Å². The van der Waals surface area contributed by atoms with Crippen LogP contribution in [0.1, 0.15) is 73.6 Å². The molecule has 0 radical (unpaired) electrons. The fourth-order valence-corrected chi connectivity index (χ4v) is 9.36. The lowest BCUT2D eigenvalue weighted by molar-refractivity contribution is 0.540. The first-order valence-corrected chi connectivity index (χ1v) is 15.6. The van der Waals surface area contributed by atoms with Crippen molar-refractivity contribution < 1.29 is 0 Å². The predicted octanol–water partition coefficient (Wildman–Crippen LogP) is 10.8. The topological polar surface area (TPSA) is 0 Å². The molecule has 0 aliphatic heterocycles. The van der Waals surface area contributed by atoms with Gasteiger partial charge in [-0.1, -0.05) is 65.8 Å². The number of hydrogen-bond acceptors (Lipinski definition) is 2. The first-order valence-electron chi connectivity index (χ1n) is 13.9. The van der Waals surface area contributed by atoms with Gasteiger partial charge in [-0.25, -0.2) is 0 Å².